The van der Waals surface area contributed by atoms with Gasteiger partial charge >= 0.3 is 0 Å². The molecule has 1 rings (SSSR count). The Hall–Kier alpha value is -0.0600. The largest absolute Gasteiger partial charge is 0.330 e. The topological polar surface area (TPSA) is 38.9 Å². The number of thiazole rings is 1. The fourth-order valence-electron chi connectivity index (χ4n) is 1.10. The highest BCUT2D eigenvalue weighted by atomic mass is 32.2. The van der Waals surface area contributed by atoms with Gasteiger partial charge in [-0.3, -0.25) is 0 Å². The average molecular weight is 216 g/mol. The Morgan fingerprint density at radius 2 is 2.31 bits per heavy atom. The average Bonchev–Trinajstić information content (AvgIpc) is 2.45. The van der Waals surface area contributed by atoms with Gasteiger partial charge in [0, 0.05) is 10.6 Å². The van der Waals surface area contributed by atoms with Crippen LogP contribution in [0.25, 0.3) is 0 Å². The standard InChI is InChI=1S/C9H16N2S2/c1-3-12-6-9-11-7(2)8(13-9)4-5-10/h3-6,10H2,1-2H3. The van der Waals surface area contributed by atoms with Crippen molar-refractivity contribution in [3.63, 3.8) is 0 Å². The van der Waals surface area contributed by atoms with Crippen molar-refractivity contribution >= 4 is 23.1 Å². The summed E-state index contributed by atoms with van der Waals surface area (Å²) in [5.74, 6) is 2.21. The van der Waals surface area contributed by atoms with Gasteiger partial charge in [0.2, 0.25) is 0 Å². The molecule has 1 aromatic rings. The first-order valence-electron chi connectivity index (χ1n) is 4.51. The lowest BCUT2D eigenvalue weighted by molar-refractivity contribution is 0.968. The molecule has 0 atom stereocenters. The zero-order valence-corrected chi connectivity index (χ0v) is 9.80. The van der Waals surface area contributed by atoms with E-state index in [9.17, 15) is 0 Å². The van der Waals surface area contributed by atoms with E-state index in [0.29, 0.717) is 0 Å². The fraction of sp³-hybridized carbons (Fsp3) is 0.667. The third-order valence-electron chi connectivity index (χ3n) is 1.74. The van der Waals surface area contributed by atoms with E-state index < -0.39 is 0 Å². The van der Waals surface area contributed by atoms with Crippen molar-refractivity contribution in [3.8, 4) is 0 Å². The van der Waals surface area contributed by atoms with Gasteiger partial charge in [-0.2, -0.15) is 11.8 Å². The maximum Gasteiger partial charge on any atom is 0.103 e. The highest BCUT2D eigenvalue weighted by Gasteiger charge is 2.05. The zero-order chi connectivity index (χ0) is 9.68. The first kappa shape index (κ1) is 11.0. The summed E-state index contributed by atoms with van der Waals surface area (Å²) in [4.78, 5) is 5.86. The van der Waals surface area contributed by atoms with Crippen LogP contribution in [0.5, 0.6) is 0 Å². The SMILES string of the molecule is CCSCc1nc(C)c(CCN)s1. The molecule has 0 aromatic carbocycles. The van der Waals surface area contributed by atoms with E-state index in [2.05, 4.69) is 18.8 Å². The maximum absolute atomic E-state index is 5.51. The lowest BCUT2D eigenvalue weighted by Gasteiger charge is -1.91. The normalized spacial score (nSPS) is 10.7. The van der Waals surface area contributed by atoms with E-state index in [1.807, 2.05) is 23.1 Å². The van der Waals surface area contributed by atoms with Crippen LogP contribution in [-0.4, -0.2) is 17.3 Å². The number of aromatic nitrogens is 1. The smallest absolute Gasteiger partial charge is 0.103 e. The van der Waals surface area contributed by atoms with Crippen molar-refractivity contribution < 1.29 is 0 Å². The summed E-state index contributed by atoms with van der Waals surface area (Å²) in [7, 11) is 0. The predicted molar refractivity (Wildman–Crippen MR) is 61.4 cm³/mol. The molecular weight excluding hydrogens is 200 g/mol. The molecule has 74 valence electrons. The van der Waals surface area contributed by atoms with E-state index in [-0.39, 0.29) is 0 Å². The summed E-state index contributed by atoms with van der Waals surface area (Å²) < 4.78 is 0. The van der Waals surface area contributed by atoms with Crippen LogP contribution in [0.1, 0.15) is 22.5 Å². The van der Waals surface area contributed by atoms with Gasteiger partial charge in [-0.1, -0.05) is 6.92 Å². The summed E-state index contributed by atoms with van der Waals surface area (Å²) >= 11 is 3.73. The van der Waals surface area contributed by atoms with E-state index in [0.717, 1.165) is 24.5 Å². The monoisotopic (exact) mass is 216 g/mol. The molecule has 1 aromatic heterocycles. The van der Waals surface area contributed by atoms with Gasteiger partial charge in [0.15, 0.2) is 0 Å². The summed E-state index contributed by atoms with van der Waals surface area (Å²) in [6.45, 7) is 4.97. The molecule has 0 aliphatic carbocycles. The molecule has 0 unspecified atom stereocenters. The van der Waals surface area contributed by atoms with Crippen molar-refractivity contribution in [2.75, 3.05) is 12.3 Å². The molecule has 4 heteroatoms. The van der Waals surface area contributed by atoms with Gasteiger partial charge in [-0.05, 0) is 25.6 Å². The molecule has 1 heterocycles. The van der Waals surface area contributed by atoms with E-state index in [1.165, 1.54) is 15.6 Å². The summed E-state index contributed by atoms with van der Waals surface area (Å²) in [5.41, 5.74) is 6.68. The highest BCUT2D eigenvalue weighted by molar-refractivity contribution is 7.98. The Balaban J connectivity index is 2.59. The Kier molecular flexibility index (Phi) is 4.77. The summed E-state index contributed by atoms with van der Waals surface area (Å²) in [6.07, 6.45) is 0.973. The number of nitrogens with two attached hydrogens (primary N) is 1. The Bertz CT molecular complexity index is 258. The van der Waals surface area contributed by atoms with Crippen molar-refractivity contribution in [2.24, 2.45) is 5.73 Å². The number of thioether (sulfide) groups is 1. The van der Waals surface area contributed by atoms with Gasteiger partial charge in [0.1, 0.15) is 5.01 Å². The molecule has 0 aliphatic heterocycles. The molecule has 0 fully saturated rings. The number of aryl methyl sites for hydroxylation is 1. The highest BCUT2D eigenvalue weighted by Crippen LogP contribution is 2.22. The molecule has 2 nitrogen and oxygen atoms in total. The second kappa shape index (κ2) is 5.62. The van der Waals surface area contributed by atoms with Crippen molar-refractivity contribution in [1.29, 1.82) is 0 Å². The number of rotatable bonds is 5. The minimum Gasteiger partial charge on any atom is -0.330 e. The van der Waals surface area contributed by atoms with Gasteiger partial charge in [0.25, 0.3) is 0 Å². The van der Waals surface area contributed by atoms with Gasteiger partial charge in [-0.25, -0.2) is 4.98 Å². The lowest BCUT2D eigenvalue weighted by atomic mass is 10.3. The first-order valence-corrected chi connectivity index (χ1v) is 6.48. The van der Waals surface area contributed by atoms with Crippen LogP contribution in [0, 0.1) is 6.92 Å². The fourth-order valence-corrected chi connectivity index (χ4v) is 2.91. The maximum atomic E-state index is 5.51. The second-order valence-corrected chi connectivity index (χ2v) is 5.23. The minimum absolute atomic E-state index is 0.726. The van der Waals surface area contributed by atoms with E-state index >= 15 is 0 Å². The molecule has 2 N–H and O–H groups in total. The Morgan fingerprint density at radius 3 is 2.92 bits per heavy atom. The zero-order valence-electron chi connectivity index (χ0n) is 8.17. The van der Waals surface area contributed by atoms with Crippen LogP contribution >= 0.6 is 23.1 Å². The third kappa shape index (κ3) is 3.29. The third-order valence-corrected chi connectivity index (χ3v) is 4.02. The van der Waals surface area contributed by atoms with Crippen LogP contribution in [0.4, 0.5) is 0 Å². The first-order chi connectivity index (χ1) is 6.27. The number of nitrogens with zero attached hydrogens (tertiary/aromatic N) is 1. The predicted octanol–water partition coefficient (Wildman–Crippen LogP) is 2.21. The van der Waals surface area contributed by atoms with Crippen LogP contribution < -0.4 is 5.73 Å². The second-order valence-electron chi connectivity index (χ2n) is 2.79. The quantitative estimate of drug-likeness (QED) is 0.820. The molecule has 13 heavy (non-hydrogen) atoms. The molecule has 0 saturated carbocycles. The molecule has 0 amide bonds. The molecular formula is C9H16N2S2. The number of hydrogen-bond acceptors (Lipinski definition) is 4. The lowest BCUT2D eigenvalue weighted by Crippen LogP contribution is -2.01. The van der Waals surface area contributed by atoms with Crippen molar-refractivity contribution in [2.45, 2.75) is 26.0 Å². The molecule has 0 bridgehead atoms. The molecule has 0 radical (unpaired) electrons. The van der Waals surface area contributed by atoms with Crippen molar-refractivity contribution in [1.82, 2.24) is 4.98 Å². The van der Waals surface area contributed by atoms with Crippen LogP contribution in [-0.2, 0) is 12.2 Å². The van der Waals surface area contributed by atoms with Crippen molar-refractivity contribution in [3.05, 3.63) is 15.6 Å². The van der Waals surface area contributed by atoms with Gasteiger partial charge in [-0.15, -0.1) is 11.3 Å². The summed E-state index contributed by atoms with van der Waals surface area (Å²) in [5, 5.41) is 1.24. The molecule has 0 aliphatic rings. The molecule has 0 spiro atoms. The van der Waals surface area contributed by atoms with Crippen LogP contribution in [0.2, 0.25) is 0 Å². The Morgan fingerprint density at radius 1 is 1.54 bits per heavy atom. The van der Waals surface area contributed by atoms with Gasteiger partial charge < -0.3 is 5.73 Å². The van der Waals surface area contributed by atoms with Crippen LogP contribution in [0.15, 0.2) is 0 Å². The molecule has 0 saturated heterocycles. The summed E-state index contributed by atoms with van der Waals surface area (Å²) in [6, 6.07) is 0. The Labute approximate surface area is 87.9 Å². The van der Waals surface area contributed by atoms with E-state index in [4.69, 9.17) is 5.73 Å². The van der Waals surface area contributed by atoms with E-state index in [1.54, 1.807) is 0 Å². The number of hydrogen-bond donors (Lipinski definition) is 1. The van der Waals surface area contributed by atoms with Crippen LogP contribution in [0.3, 0.4) is 0 Å². The minimum atomic E-state index is 0.726. The van der Waals surface area contributed by atoms with Gasteiger partial charge in [0.05, 0.1) is 5.69 Å².